The van der Waals surface area contributed by atoms with Gasteiger partial charge in [-0.3, -0.25) is 9.48 Å². The monoisotopic (exact) mass is 467 g/mol. The number of carbonyl (C=O) groups is 1. The Kier molecular flexibility index (Phi) is 5.20. The second-order valence-corrected chi connectivity index (χ2v) is 8.23. The summed E-state index contributed by atoms with van der Waals surface area (Å²) in [4.78, 5) is 20.5. The first-order valence-corrected chi connectivity index (χ1v) is 10.5. The Balaban J connectivity index is 1.42. The van der Waals surface area contributed by atoms with Crippen LogP contribution in [0.3, 0.4) is 0 Å². The summed E-state index contributed by atoms with van der Waals surface area (Å²) in [6, 6.07) is 10.4. The zero-order chi connectivity index (χ0) is 24.0. The number of benzene rings is 1. The lowest BCUT2D eigenvalue weighted by Gasteiger charge is -2.32. The van der Waals surface area contributed by atoms with Crippen LogP contribution in [0.5, 0.6) is 0 Å². The van der Waals surface area contributed by atoms with Gasteiger partial charge in [-0.25, -0.2) is 9.97 Å². The maximum absolute atomic E-state index is 12.9. The molecule has 1 aliphatic carbocycles. The number of aromatic nitrogens is 4. The second kappa shape index (κ2) is 8.10. The number of fused-ring (bicyclic) bond motifs is 1. The first kappa shape index (κ1) is 21.8. The number of rotatable bonds is 4. The van der Waals surface area contributed by atoms with E-state index in [-0.39, 0.29) is 23.5 Å². The molecular formula is C23H20F3N7O. The SMILES string of the molecule is Nc1nccc2c1c(-c1ccc(C(=O)Nc3cc(C(F)(F)F)ccn3)cc1)nn2C1CC(N)C1. The van der Waals surface area contributed by atoms with Crippen molar-refractivity contribution in [2.75, 3.05) is 11.1 Å². The van der Waals surface area contributed by atoms with Crippen molar-refractivity contribution >= 4 is 28.4 Å². The summed E-state index contributed by atoms with van der Waals surface area (Å²) in [6.45, 7) is 0. The van der Waals surface area contributed by atoms with Crippen molar-refractivity contribution < 1.29 is 18.0 Å². The van der Waals surface area contributed by atoms with Gasteiger partial charge in [-0.05, 0) is 43.2 Å². The number of amides is 1. The Hall–Kier alpha value is -3.99. The molecule has 0 unspecified atom stereocenters. The predicted molar refractivity (Wildman–Crippen MR) is 121 cm³/mol. The molecule has 1 aliphatic rings. The van der Waals surface area contributed by atoms with Crippen molar-refractivity contribution in [2.45, 2.75) is 31.1 Å². The lowest BCUT2D eigenvalue weighted by Crippen LogP contribution is -2.38. The fourth-order valence-corrected chi connectivity index (χ4v) is 4.07. The van der Waals surface area contributed by atoms with Gasteiger partial charge in [-0.1, -0.05) is 12.1 Å². The molecule has 174 valence electrons. The van der Waals surface area contributed by atoms with Crippen molar-refractivity contribution in [1.82, 2.24) is 19.7 Å². The first-order chi connectivity index (χ1) is 16.2. The molecule has 0 bridgehead atoms. The zero-order valence-corrected chi connectivity index (χ0v) is 17.8. The number of pyridine rings is 2. The number of nitrogens with two attached hydrogens (primary N) is 2. The van der Waals surface area contributed by atoms with E-state index in [0.29, 0.717) is 16.9 Å². The predicted octanol–water partition coefficient (Wildman–Crippen LogP) is 4.01. The van der Waals surface area contributed by atoms with E-state index in [9.17, 15) is 18.0 Å². The summed E-state index contributed by atoms with van der Waals surface area (Å²) in [5.41, 5.74) is 13.7. The number of anilines is 2. The van der Waals surface area contributed by atoms with Crippen LogP contribution >= 0.6 is 0 Å². The van der Waals surface area contributed by atoms with Crippen molar-refractivity contribution in [2.24, 2.45) is 5.73 Å². The summed E-state index contributed by atoms with van der Waals surface area (Å²) < 4.78 is 40.6. The van der Waals surface area contributed by atoms with Gasteiger partial charge in [0, 0.05) is 29.6 Å². The molecule has 3 heterocycles. The third-order valence-electron chi connectivity index (χ3n) is 5.89. The molecule has 1 aromatic carbocycles. The molecule has 0 radical (unpaired) electrons. The average Bonchev–Trinajstić information content (AvgIpc) is 3.17. The number of halogens is 3. The van der Waals surface area contributed by atoms with Gasteiger partial charge in [0.2, 0.25) is 0 Å². The second-order valence-electron chi connectivity index (χ2n) is 8.23. The normalized spacial score (nSPS) is 18.0. The third kappa shape index (κ3) is 3.94. The highest BCUT2D eigenvalue weighted by Crippen LogP contribution is 2.38. The van der Waals surface area contributed by atoms with Crippen molar-refractivity contribution in [1.29, 1.82) is 0 Å². The van der Waals surface area contributed by atoms with Gasteiger partial charge in [-0.15, -0.1) is 0 Å². The van der Waals surface area contributed by atoms with E-state index in [2.05, 4.69) is 15.3 Å². The van der Waals surface area contributed by atoms with E-state index >= 15 is 0 Å². The van der Waals surface area contributed by atoms with Crippen LogP contribution in [-0.4, -0.2) is 31.7 Å². The lowest BCUT2D eigenvalue weighted by molar-refractivity contribution is -0.137. The molecule has 0 saturated heterocycles. The zero-order valence-electron chi connectivity index (χ0n) is 17.8. The number of nitrogens with one attached hydrogen (secondary N) is 1. The highest BCUT2D eigenvalue weighted by atomic mass is 19.4. The fraction of sp³-hybridized carbons (Fsp3) is 0.217. The fourth-order valence-electron chi connectivity index (χ4n) is 4.07. The smallest absolute Gasteiger partial charge is 0.383 e. The number of hydrogen-bond acceptors (Lipinski definition) is 6. The molecule has 1 fully saturated rings. The van der Waals surface area contributed by atoms with Crippen LogP contribution in [0.4, 0.5) is 24.8 Å². The van der Waals surface area contributed by atoms with Crippen LogP contribution in [0, 0.1) is 0 Å². The largest absolute Gasteiger partial charge is 0.416 e. The number of carbonyl (C=O) groups excluding carboxylic acids is 1. The van der Waals surface area contributed by atoms with E-state index in [1.54, 1.807) is 30.5 Å². The minimum atomic E-state index is -4.53. The maximum Gasteiger partial charge on any atom is 0.416 e. The number of alkyl halides is 3. The van der Waals surface area contributed by atoms with E-state index in [4.69, 9.17) is 16.6 Å². The first-order valence-electron chi connectivity index (χ1n) is 10.5. The molecule has 0 atom stereocenters. The van der Waals surface area contributed by atoms with E-state index < -0.39 is 17.6 Å². The molecule has 0 spiro atoms. The van der Waals surface area contributed by atoms with Crippen LogP contribution in [-0.2, 0) is 6.18 Å². The molecule has 4 aromatic rings. The van der Waals surface area contributed by atoms with E-state index in [1.807, 2.05) is 10.7 Å². The van der Waals surface area contributed by atoms with Gasteiger partial charge in [-0.2, -0.15) is 18.3 Å². The molecule has 1 amide bonds. The van der Waals surface area contributed by atoms with Crippen LogP contribution in [0.15, 0.2) is 54.9 Å². The highest BCUT2D eigenvalue weighted by Gasteiger charge is 2.32. The van der Waals surface area contributed by atoms with Gasteiger partial charge in [0.25, 0.3) is 5.91 Å². The van der Waals surface area contributed by atoms with Gasteiger partial charge in [0.15, 0.2) is 0 Å². The third-order valence-corrected chi connectivity index (χ3v) is 5.89. The Morgan fingerprint density at radius 2 is 1.76 bits per heavy atom. The Labute approximate surface area is 191 Å². The Morgan fingerprint density at radius 1 is 1.06 bits per heavy atom. The van der Waals surface area contributed by atoms with Gasteiger partial charge in [0.05, 0.1) is 22.5 Å². The lowest BCUT2D eigenvalue weighted by atomic mass is 9.88. The van der Waals surface area contributed by atoms with Gasteiger partial charge < -0.3 is 16.8 Å². The van der Waals surface area contributed by atoms with Crippen LogP contribution in [0.2, 0.25) is 0 Å². The quantitative estimate of drug-likeness (QED) is 0.417. The summed E-state index contributed by atoms with van der Waals surface area (Å²) in [6.07, 6.45) is -0.260. The van der Waals surface area contributed by atoms with Crippen LogP contribution in [0.1, 0.15) is 34.8 Å². The topological polar surface area (TPSA) is 125 Å². The molecule has 0 aliphatic heterocycles. The highest BCUT2D eigenvalue weighted by molar-refractivity contribution is 6.05. The standard InChI is InChI=1S/C23H20F3N7O/c24-23(25,26)14-5-7-29-18(9-14)31-22(34)13-3-1-12(2-4-13)20-19-17(6-8-30-21(19)28)33(32-20)16-10-15(27)11-16/h1-9,15-16H,10-11,27H2,(H2,28,30)(H,29,31,34). The van der Waals surface area contributed by atoms with Crippen LogP contribution < -0.4 is 16.8 Å². The Bertz CT molecular complexity index is 1380. The summed E-state index contributed by atoms with van der Waals surface area (Å²) in [7, 11) is 0. The molecule has 5 rings (SSSR count). The van der Waals surface area contributed by atoms with Crippen LogP contribution in [0.25, 0.3) is 22.2 Å². The molecule has 34 heavy (non-hydrogen) atoms. The maximum atomic E-state index is 12.9. The molecule has 1 saturated carbocycles. The number of nitrogen functional groups attached to an aromatic ring is 1. The minimum absolute atomic E-state index is 0.149. The molecule has 3 aromatic heterocycles. The van der Waals surface area contributed by atoms with Crippen molar-refractivity contribution in [3.8, 4) is 11.3 Å². The molecule has 8 nitrogen and oxygen atoms in total. The summed E-state index contributed by atoms with van der Waals surface area (Å²) in [5.74, 6) is -0.426. The van der Waals surface area contributed by atoms with Crippen molar-refractivity contribution in [3.63, 3.8) is 0 Å². The van der Waals surface area contributed by atoms with E-state index in [0.717, 1.165) is 42.3 Å². The van der Waals surface area contributed by atoms with Crippen molar-refractivity contribution in [3.05, 3.63) is 66.0 Å². The summed E-state index contributed by atoms with van der Waals surface area (Å²) >= 11 is 0. The Morgan fingerprint density at radius 3 is 2.44 bits per heavy atom. The van der Waals surface area contributed by atoms with E-state index in [1.165, 1.54) is 0 Å². The number of hydrogen-bond donors (Lipinski definition) is 3. The number of nitrogens with zero attached hydrogens (tertiary/aromatic N) is 4. The van der Waals surface area contributed by atoms with Gasteiger partial charge >= 0.3 is 6.18 Å². The summed E-state index contributed by atoms with van der Waals surface area (Å²) in [5, 5.41) is 7.89. The average molecular weight is 467 g/mol. The minimum Gasteiger partial charge on any atom is -0.383 e. The van der Waals surface area contributed by atoms with Gasteiger partial charge in [0.1, 0.15) is 17.3 Å². The molecule has 11 heteroatoms. The molecule has 5 N–H and O–H groups in total. The molecular weight excluding hydrogens is 447 g/mol.